The van der Waals surface area contributed by atoms with Crippen LogP contribution in [0.4, 0.5) is 13.2 Å². The minimum Gasteiger partial charge on any atom is -0.367 e. The molecular formula is C21H23F3N4O. The molecule has 2 aromatic rings. The minimum absolute atomic E-state index is 0.0842. The van der Waals surface area contributed by atoms with Crippen LogP contribution in [0.15, 0.2) is 53.5 Å². The van der Waals surface area contributed by atoms with Crippen LogP contribution in [0, 0.1) is 11.3 Å². The molecule has 0 aromatic heterocycles. The van der Waals surface area contributed by atoms with Gasteiger partial charge in [0.25, 0.3) is 0 Å². The molecule has 0 spiro atoms. The third-order valence-corrected chi connectivity index (χ3v) is 3.84. The Labute approximate surface area is 168 Å². The van der Waals surface area contributed by atoms with Crippen LogP contribution in [0.2, 0.25) is 0 Å². The van der Waals surface area contributed by atoms with Crippen molar-refractivity contribution in [3.8, 4) is 6.07 Å². The molecule has 0 aliphatic carbocycles. The fourth-order valence-corrected chi connectivity index (χ4v) is 2.48. The summed E-state index contributed by atoms with van der Waals surface area (Å²) in [5.41, 5.74) is 3.16. The summed E-state index contributed by atoms with van der Waals surface area (Å²) in [7, 11) is 0. The Balaban J connectivity index is 1.88. The molecule has 0 atom stereocenters. The van der Waals surface area contributed by atoms with E-state index < -0.39 is 12.8 Å². The highest BCUT2D eigenvalue weighted by Crippen LogP contribution is 2.15. The van der Waals surface area contributed by atoms with Crippen LogP contribution in [-0.4, -0.2) is 25.3 Å². The number of nitrogens with zero attached hydrogens (tertiary/aromatic N) is 2. The van der Waals surface area contributed by atoms with Gasteiger partial charge in [0, 0.05) is 13.1 Å². The lowest BCUT2D eigenvalue weighted by molar-refractivity contribution is -0.176. The molecule has 8 heteroatoms. The second-order valence-corrected chi connectivity index (χ2v) is 6.29. The Morgan fingerprint density at radius 1 is 1.07 bits per heavy atom. The number of rotatable bonds is 8. The Morgan fingerprint density at radius 2 is 1.79 bits per heavy atom. The summed E-state index contributed by atoms with van der Waals surface area (Å²) in [6.07, 6.45) is -4.32. The summed E-state index contributed by atoms with van der Waals surface area (Å²) in [6.45, 7) is 2.26. The van der Waals surface area contributed by atoms with Crippen molar-refractivity contribution in [2.75, 3.05) is 13.2 Å². The fraction of sp³-hybridized carbons (Fsp3) is 0.333. The minimum atomic E-state index is -4.32. The standard InChI is InChI=1S/C21H23F3N4O/c1-2-26-20(28-13-19-5-3-4-18(10-19)11-25)27-12-16-6-8-17(9-7-16)14-29-15-21(22,23)24/h3-10H,2,12-15H2,1H3,(H2,26,27,28). The molecule has 0 saturated heterocycles. The number of halogens is 3. The van der Waals surface area contributed by atoms with Crippen molar-refractivity contribution in [2.24, 2.45) is 4.99 Å². The third-order valence-electron chi connectivity index (χ3n) is 3.84. The second-order valence-electron chi connectivity index (χ2n) is 6.29. The highest BCUT2D eigenvalue weighted by Gasteiger charge is 2.27. The number of aliphatic imine (C=N–C) groups is 1. The third kappa shape index (κ3) is 8.66. The second kappa shape index (κ2) is 11.1. The molecule has 0 radical (unpaired) electrons. The molecule has 0 amide bonds. The summed E-state index contributed by atoms with van der Waals surface area (Å²) in [6, 6.07) is 16.5. The van der Waals surface area contributed by atoms with E-state index in [1.165, 1.54) is 0 Å². The largest absolute Gasteiger partial charge is 0.411 e. The molecular weight excluding hydrogens is 381 g/mol. The van der Waals surface area contributed by atoms with Gasteiger partial charge in [0.1, 0.15) is 6.61 Å². The summed E-state index contributed by atoms with van der Waals surface area (Å²) in [4.78, 5) is 4.51. The Bertz CT molecular complexity index is 842. The van der Waals surface area contributed by atoms with Crippen LogP contribution in [0.1, 0.15) is 29.2 Å². The smallest absolute Gasteiger partial charge is 0.367 e. The number of hydrogen-bond acceptors (Lipinski definition) is 3. The van der Waals surface area contributed by atoms with Gasteiger partial charge in [-0.05, 0) is 35.7 Å². The van der Waals surface area contributed by atoms with Crippen molar-refractivity contribution < 1.29 is 17.9 Å². The van der Waals surface area contributed by atoms with Crippen LogP contribution in [0.25, 0.3) is 0 Å². The van der Waals surface area contributed by atoms with Gasteiger partial charge in [-0.2, -0.15) is 18.4 Å². The van der Waals surface area contributed by atoms with Crippen molar-refractivity contribution in [3.63, 3.8) is 0 Å². The number of nitrogens with one attached hydrogen (secondary N) is 2. The van der Waals surface area contributed by atoms with Gasteiger partial charge < -0.3 is 15.4 Å². The maximum Gasteiger partial charge on any atom is 0.411 e. The van der Waals surface area contributed by atoms with Gasteiger partial charge in [-0.1, -0.05) is 36.4 Å². The molecule has 154 valence electrons. The average Bonchev–Trinajstić information content (AvgIpc) is 2.70. The molecule has 0 heterocycles. The molecule has 0 fully saturated rings. The van der Waals surface area contributed by atoms with Gasteiger partial charge in [-0.3, -0.25) is 0 Å². The highest BCUT2D eigenvalue weighted by atomic mass is 19.4. The van der Waals surface area contributed by atoms with E-state index >= 15 is 0 Å². The monoisotopic (exact) mass is 404 g/mol. The zero-order valence-corrected chi connectivity index (χ0v) is 16.1. The van der Waals surface area contributed by atoms with E-state index in [0.717, 1.165) is 11.1 Å². The molecule has 0 saturated carbocycles. The van der Waals surface area contributed by atoms with Gasteiger partial charge in [-0.15, -0.1) is 0 Å². The number of ether oxygens (including phenoxy) is 1. The maximum atomic E-state index is 12.1. The van der Waals surface area contributed by atoms with Crippen molar-refractivity contribution in [1.29, 1.82) is 5.26 Å². The van der Waals surface area contributed by atoms with Crippen LogP contribution < -0.4 is 10.6 Å². The number of hydrogen-bond donors (Lipinski definition) is 2. The number of nitriles is 1. The number of benzene rings is 2. The lowest BCUT2D eigenvalue weighted by Crippen LogP contribution is -2.36. The summed E-state index contributed by atoms with van der Waals surface area (Å²) >= 11 is 0. The molecule has 2 N–H and O–H groups in total. The summed E-state index contributed by atoms with van der Waals surface area (Å²) in [5, 5.41) is 15.3. The fourth-order valence-electron chi connectivity index (χ4n) is 2.48. The van der Waals surface area contributed by atoms with E-state index in [4.69, 9.17) is 5.26 Å². The van der Waals surface area contributed by atoms with Crippen LogP contribution in [0.3, 0.4) is 0 Å². The average molecular weight is 404 g/mol. The SMILES string of the molecule is CCNC(=NCc1cccc(C#N)c1)NCc1ccc(COCC(F)(F)F)cc1. The van der Waals surface area contributed by atoms with E-state index in [9.17, 15) is 13.2 Å². The molecule has 2 aromatic carbocycles. The van der Waals surface area contributed by atoms with Crippen LogP contribution >= 0.6 is 0 Å². The zero-order valence-electron chi connectivity index (χ0n) is 16.1. The molecule has 5 nitrogen and oxygen atoms in total. The molecule has 2 rings (SSSR count). The van der Waals surface area contributed by atoms with E-state index in [0.29, 0.717) is 36.7 Å². The van der Waals surface area contributed by atoms with Gasteiger partial charge in [0.2, 0.25) is 0 Å². The Kier molecular flexibility index (Phi) is 8.49. The zero-order chi connectivity index (χ0) is 21.1. The Morgan fingerprint density at radius 3 is 2.45 bits per heavy atom. The van der Waals surface area contributed by atoms with Crippen molar-refractivity contribution in [2.45, 2.75) is 32.8 Å². The predicted octanol–water partition coefficient (Wildman–Crippen LogP) is 3.89. The maximum absolute atomic E-state index is 12.1. The normalized spacial score (nSPS) is 11.8. The van der Waals surface area contributed by atoms with E-state index in [1.54, 1.807) is 24.3 Å². The predicted molar refractivity (Wildman–Crippen MR) is 105 cm³/mol. The van der Waals surface area contributed by atoms with Crippen molar-refractivity contribution >= 4 is 5.96 Å². The van der Waals surface area contributed by atoms with E-state index in [-0.39, 0.29) is 6.61 Å². The number of guanidine groups is 1. The topological polar surface area (TPSA) is 69.4 Å². The van der Waals surface area contributed by atoms with Gasteiger partial charge in [0.05, 0.1) is 24.8 Å². The first-order chi connectivity index (χ1) is 13.9. The first-order valence-electron chi connectivity index (χ1n) is 9.13. The van der Waals surface area contributed by atoms with E-state index in [2.05, 4.69) is 26.4 Å². The van der Waals surface area contributed by atoms with Crippen LogP contribution in [-0.2, 0) is 24.4 Å². The first kappa shape index (κ1) is 22.2. The molecule has 0 aliphatic rings. The van der Waals surface area contributed by atoms with Crippen molar-refractivity contribution in [1.82, 2.24) is 10.6 Å². The van der Waals surface area contributed by atoms with Gasteiger partial charge >= 0.3 is 6.18 Å². The van der Waals surface area contributed by atoms with E-state index in [1.807, 2.05) is 31.2 Å². The van der Waals surface area contributed by atoms with Crippen molar-refractivity contribution in [3.05, 3.63) is 70.8 Å². The highest BCUT2D eigenvalue weighted by molar-refractivity contribution is 5.79. The Hall–Kier alpha value is -3.05. The molecule has 29 heavy (non-hydrogen) atoms. The lowest BCUT2D eigenvalue weighted by atomic mass is 10.1. The van der Waals surface area contributed by atoms with Crippen LogP contribution in [0.5, 0.6) is 0 Å². The van der Waals surface area contributed by atoms with Gasteiger partial charge in [0.15, 0.2) is 5.96 Å². The summed E-state index contributed by atoms with van der Waals surface area (Å²) in [5.74, 6) is 0.632. The first-order valence-corrected chi connectivity index (χ1v) is 9.13. The quantitative estimate of drug-likeness (QED) is 0.517. The molecule has 0 aliphatic heterocycles. The lowest BCUT2D eigenvalue weighted by Gasteiger charge is -2.12. The number of alkyl halides is 3. The molecule has 0 unspecified atom stereocenters. The van der Waals surface area contributed by atoms with Gasteiger partial charge in [-0.25, -0.2) is 4.99 Å². The summed E-state index contributed by atoms with van der Waals surface area (Å²) < 4.78 is 41.0. The molecule has 0 bridgehead atoms.